The third kappa shape index (κ3) is 3.18. The van der Waals surface area contributed by atoms with E-state index in [1.165, 1.54) is 12.4 Å². The lowest BCUT2D eigenvalue weighted by Gasteiger charge is -2.07. The molecule has 106 valence electrons. The summed E-state index contributed by atoms with van der Waals surface area (Å²) in [5, 5.41) is 2.58. The lowest BCUT2D eigenvalue weighted by molar-refractivity contribution is -0.120. The molecule has 6 nitrogen and oxygen atoms in total. The predicted octanol–water partition coefficient (Wildman–Crippen LogP) is 1.43. The van der Waals surface area contributed by atoms with Gasteiger partial charge in [-0.15, -0.1) is 0 Å². The number of H-pyrrole nitrogens is 1. The van der Waals surface area contributed by atoms with Crippen LogP contribution in [0.1, 0.15) is 13.3 Å². The molecule has 0 saturated heterocycles. The molecular weight excluding hydrogens is 265 g/mol. The van der Waals surface area contributed by atoms with E-state index < -0.39 is 17.3 Å². The number of hydrogen-bond acceptors (Lipinski definition) is 4. The van der Waals surface area contributed by atoms with Gasteiger partial charge in [0.2, 0.25) is 5.91 Å². The van der Waals surface area contributed by atoms with Crippen molar-refractivity contribution in [2.45, 2.75) is 13.3 Å². The van der Waals surface area contributed by atoms with E-state index in [0.717, 1.165) is 12.5 Å². The molecule has 1 aromatic carbocycles. The Morgan fingerprint density at radius 3 is 3.05 bits per heavy atom. The van der Waals surface area contributed by atoms with Crippen LogP contribution in [0.3, 0.4) is 0 Å². The van der Waals surface area contributed by atoms with Gasteiger partial charge in [-0.1, -0.05) is 6.92 Å². The number of ether oxygens (including phenoxy) is 1. The quantitative estimate of drug-likeness (QED) is 0.811. The monoisotopic (exact) mass is 279 g/mol. The van der Waals surface area contributed by atoms with Gasteiger partial charge in [0.05, 0.1) is 22.9 Å². The third-order valence-electron chi connectivity index (χ3n) is 2.58. The number of hydrogen-bond donors (Lipinski definition) is 2. The largest absolute Gasteiger partial charge is 0.372 e. The highest BCUT2D eigenvalue weighted by molar-refractivity contribution is 5.94. The van der Waals surface area contributed by atoms with Crippen molar-refractivity contribution in [2.24, 2.45) is 0 Å². The molecule has 0 fully saturated rings. The zero-order valence-electron chi connectivity index (χ0n) is 10.9. The normalized spacial score (nSPS) is 10.7. The molecule has 1 amide bonds. The number of halogens is 1. The third-order valence-corrected chi connectivity index (χ3v) is 2.58. The predicted molar refractivity (Wildman–Crippen MR) is 72.1 cm³/mol. The van der Waals surface area contributed by atoms with Crippen molar-refractivity contribution in [3.63, 3.8) is 0 Å². The SMILES string of the molecule is CCCOCC(=O)Nc1cc2c(=O)[nH]cnc2cc1F. The number of aromatic amines is 1. The van der Waals surface area contributed by atoms with Crippen molar-refractivity contribution < 1.29 is 13.9 Å². The summed E-state index contributed by atoms with van der Waals surface area (Å²) in [5.41, 5.74) is -0.236. The van der Waals surface area contributed by atoms with Crippen molar-refractivity contribution in [2.75, 3.05) is 18.5 Å². The van der Waals surface area contributed by atoms with Crippen LogP contribution in [0.15, 0.2) is 23.3 Å². The molecule has 0 atom stereocenters. The van der Waals surface area contributed by atoms with Crippen LogP contribution in [-0.2, 0) is 9.53 Å². The first-order valence-electron chi connectivity index (χ1n) is 6.16. The number of aromatic nitrogens is 2. The molecule has 1 aromatic heterocycles. The molecule has 0 radical (unpaired) electrons. The van der Waals surface area contributed by atoms with E-state index in [-0.39, 0.29) is 23.2 Å². The molecule has 1 heterocycles. The number of fused-ring (bicyclic) bond motifs is 1. The van der Waals surface area contributed by atoms with Crippen LogP contribution in [0, 0.1) is 5.82 Å². The molecule has 0 aliphatic carbocycles. The number of nitrogens with one attached hydrogen (secondary N) is 2. The minimum Gasteiger partial charge on any atom is -0.372 e. The van der Waals surface area contributed by atoms with Crippen molar-refractivity contribution in [3.05, 3.63) is 34.6 Å². The smallest absolute Gasteiger partial charge is 0.258 e. The Kier molecular flexibility index (Phi) is 4.41. The minimum absolute atomic E-state index is 0.0684. The minimum atomic E-state index is -0.653. The van der Waals surface area contributed by atoms with Crippen molar-refractivity contribution in [3.8, 4) is 0 Å². The molecule has 0 bridgehead atoms. The summed E-state index contributed by atoms with van der Waals surface area (Å²) in [6.07, 6.45) is 1.99. The summed E-state index contributed by atoms with van der Waals surface area (Å²) in [6, 6.07) is 2.36. The Morgan fingerprint density at radius 1 is 1.50 bits per heavy atom. The van der Waals surface area contributed by atoms with E-state index in [4.69, 9.17) is 4.74 Å². The van der Waals surface area contributed by atoms with Crippen LogP contribution in [0.25, 0.3) is 10.9 Å². The maximum Gasteiger partial charge on any atom is 0.258 e. The highest BCUT2D eigenvalue weighted by Crippen LogP contribution is 2.19. The molecule has 2 aromatic rings. The van der Waals surface area contributed by atoms with Gasteiger partial charge in [-0.2, -0.15) is 0 Å². The first-order valence-corrected chi connectivity index (χ1v) is 6.16. The first-order chi connectivity index (χ1) is 9.61. The number of amides is 1. The van der Waals surface area contributed by atoms with E-state index in [1.54, 1.807) is 0 Å². The van der Waals surface area contributed by atoms with Gasteiger partial charge in [0.1, 0.15) is 12.4 Å². The Morgan fingerprint density at radius 2 is 2.30 bits per heavy atom. The fourth-order valence-electron chi connectivity index (χ4n) is 1.68. The lowest BCUT2D eigenvalue weighted by Crippen LogP contribution is -2.19. The van der Waals surface area contributed by atoms with Crippen LogP contribution in [0.5, 0.6) is 0 Å². The summed E-state index contributed by atoms with van der Waals surface area (Å²) in [6.45, 7) is 2.21. The average molecular weight is 279 g/mol. The molecule has 0 spiro atoms. The summed E-state index contributed by atoms with van der Waals surface area (Å²) in [7, 11) is 0. The maximum absolute atomic E-state index is 13.8. The molecule has 7 heteroatoms. The van der Waals surface area contributed by atoms with Crippen LogP contribution in [0.2, 0.25) is 0 Å². The molecule has 0 unspecified atom stereocenters. The fraction of sp³-hybridized carbons (Fsp3) is 0.308. The van der Waals surface area contributed by atoms with Gasteiger partial charge in [0.15, 0.2) is 0 Å². The lowest BCUT2D eigenvalue weighted by atomic mass is 10.2. The maximum atomic E-state index is 13.8. The van der Waals surface area contributed by atoms with Crippen LogP contribution in [-0.4, -0.2) is 29.1 Å². The Labute approximate surface area is 114 Å². The standard InChI is InChI=1S/C13H14FN3O3/c1-2-3-20-6-12(18)17-11-4-8-10(5-9(11)14)15-7-16-13(8)19/h4-5,7H,2-3,6H2,1H3,(H,17,18)(H,15,16,19). The zero-order valence-corrected chi connectivity index (χ0v) is 10.9. The van der Waals surface area contributed by atoms with Crippen LogP contribution >= 0.6 is 0 Å². The van der Waals surface area contributed by atoms with E-state index >= 15 is 0 Å². The van der Waals surface area contributed by atoms with Crippen molar-refractivity contribution in [1.82, 2.24) is 9.97 Å². The van der Waals surface area contributed by atoms with Gasteiger partial charge < -0.3 is 15.0 Å². The second-order valence-electron chi connectivity index (χ2n) is 4.18. The Bertz CT molecular complexity index is 684. The van der Waals surface area contributed by atoms with Gasteiger partial charge >= 0.3 is 0 Å². The second kappa shape index (κ2) is 6.25. The second-order valence-corrected chi connectivity index (χ2v) is 4.18. The van der Waals surface area contributed by atoms with Gasteiger partial charge in [-0.25, -0.2) is 9.37 Å². The van der Waals surface area contributed by atoms with Gasteiger partial charge in [-0.3, -0.25) is 9.59 Å². The molecule has 0 aliphatic rings. The van der Waals surface area contributed by atoms with Gasteiger partial charge in [-0.05, 0) is 12.5 Å². The molecule has 0 aliphatic heterocycles. The van der Waals surface area contributed by atoms with Crippen molar-refractivity contribution >= 4 is 22.5 Å². The highest BCUT2D eigenvalue weighted by Gasteiger charge is 2.10. The molecule has 2 rings (SSSR count). The van der Waals surface area contributed by atoms with E-state index in [9.17, 15) is 14.0 Å². The number of benzene rings is 1. The van der Waals surface area contributed by atoms with E-state index in [1.807, 2.05) is 6.92 Å². The van der Waals surface area contributed by atoms with E-state index in [0.29, 0.717) is 6.61 Å². The number of nitrogens with zero attached hydrogens (tertiary/aromatic N) is 1. The fourth-order valence-corrected chi connectivity index (χ4v) is 1.68. The summed E-state index contributed by atoms with van der Waals surface area (Å²) < 4.78 is 18.8. The van der Waals surface area contributed by atoms with Crippen molar-refractivity contribution in [1.29, 1.82) is 0 Å². The average Bonchev–Trinajstić information content (AvgIpc) is 2.41. The molecular formula is C13H14FN3O3. The summed E-state index contributed by atoms with van der Waals surface area (Å²) in [4.78, 5) is 29.4. The number of carbonyl (C=O) groups is 1. The zero-order chi connectivity index (χ0) is 14.5. The molecule has 20 heavy (non-hydrogen) atoms. The molecule has 2 N–H and O–H groups in total. The van der Waals surface area contributed by atoms with Crippen LogP contribution in [0.4, 0.5) is 10.1 Å². The summed E-state index contributed by atoms with van der Waals surface area (Å²) >= 11 is 0. The Hall–Kier alpha value is -2.28. The van der Waals surface area contributed by atoms with Gasteiger partial charge in [0.25, 0.3) is 5.56 Å². The number of rotatable bonds is 5. The highest BCUT2D eigenvalue weighted by atomic mass is 19.1. The van der Waals surface area contributed by atoms with E-state index in [2.05, 4.69) is 15.3 Å². The number of carbonyl (C=O) groups excluding carboxylic acids is 1. The number of anilines is 1. The first kappa shape index (κ1) is 14.1. The van der Waals surface area contributed by atoms with Gasteiger partial charge in [0, 0.05) is 12.7 Å². The van der Waals surface area contributed by atoms with Crippen LogP contribution < -0.4 is 10.9 Å². The molecule has 0 saturated carbocycles. The summed E-state index contributed by atoms with van der Waals surface area (Å²) in [5.74, 6) is -1.13. The Balaban J connectivity index is 2.22. The topological polar surface area (TPSA) is 84.1 Å².